The quantitative estimate of drug-likeness (QED) is 0.257. The van der Waals surface area contributed by atoms with Crippen LogP contribution in [0.5, 0.6) is 0 Å². The van der Waals surface area contributed by atoms with E-state index in [-0.39, 0.29) is 37.9 Å². The predicted octanol–water partition coefficient (Wildman–Crippen LogP) is 4.36. The highest BCUT2D eigenvalue weighted by Gasteiger charge is 2.13. The molecule has 10 nitrogen and oxygen atoms in total. The van der Waals surface area contributed by atoms with Crippen molar-refractivity contribution in [3.8, 4) is 0 Å². The van der Waals surface area contributed by atoms with Gasteiger partial charge in [-0.05, 0) is 62.4 Å². The first-order chi connectivity index (χ1) is 17.4. The van der Waals surface area contributed by atoms with E-state index in [0.29, 0.717) is 22.8 Å². The molecule has 0 aliphatic rings. The highest BCUT2D eigenvalue weighted by Crippen LogP contribution is 2.22. The molecule has 36 heavy (non-hydrogen) atoms. The molecule has 10 heteroatoms. The maximum Gasteiger partial charge on any atom is 0.354 e. The highest BCUT2D eigenvalue weighted by atomic mass is 16.5. The van der Waals surface area contributed by atoms with Gasteiger partial charge in [-0.15, -0.1) is 0 Å². The van der Waals surface area contributed by atoms with E-state index in [2.05, 4.69) is 20.6 Å². The van der Waals surface area contributed by atoms with Gasteiger partial charge in [0.15, 0.2) is 0 Å². The maximum absolute atomic E-state index is 12.4. The molecule has 186 valence electrons. The molecule has 0 saturated carbocycles. The van der Waals surface area contributed by atoms with Gasteiger partial charge in [-0.25, -0.2) is 9.59 Å². The lowest BCUT2D eigenvalue weighted by Gasteiger charge is -2.07. The number of rotatable bonds is 9. The lowest BCUT2D eigenvalue weighted by atomic mass is 10.2. The number of amides is 2. The molecule has 0 radical (unpaired) electrons. The van der Waals surface area contributed by atoms with E-state index in [1.807, 2.05) is 0 Å². The molecule has 0 atom stereocenters. The third-order valence-corrected chi connectivity index (χ3v) is 5.38. The Hall–Kier alpha value is -4.60. The number of aromatic amines is 2. The number of ether oxygens (including phenoxy) is 2. The molecule has 0 bridgehead atoms. The zero-order chi connectivity index (χ0) is 25.7. The van der Waals surface area contributed by atoms with Crippen LogP contribution in [0.1, 0.15) is 47.7 Å². The van der Waals surface area contributed by atoms with Gasteiger partial charge in [0.1, 0.15) is 11.4 Å². The van der Waals surface area contributed by atoms with Crippen molar-refractivity contribution in [3.05, 3.63) is 59.9 Å². The summed E-state index contributed by atoms with van der Waals surface area (Å²) in [4.78, 5) is 54.5. The van der Waals surface area contributed by atoms with E-state index in [0.717, 1.165) is 21.8 Å². The first-order valence-electron chi connectivity index (χ1n) is 11.6. The molecule has 2 aromatic heterocycles. The third kappa shape index (κ3) is 5.72. The standard InChI is InChI=1S/C26H26N4O6/c1-3-35-25(33)21-13-15-11-17(5-7-19(15)29-21)27-23(31)9-10-24(32)28-18-6-8-20-16(12-18)14-22(30-20)26(34)36-4-2/h5-8,11-14,29-30H,3-4,9-10H2,1-2H3,(H,27,31)(H,28,32). The Kier molecular flexibility index (Phi) is 7.33. The first-order valence-corrected chi connectivity index (χ1v) is 11.6. The molecule has 4 N–H and O–H groups in total. The number of anilines is 2. The Morgan fingerprint density at radius 3 is 1.47 bits per heavy atom. The molecule has 2 amide bonds. The van der Waals surface area contributed by atoms with Crippen molar-refractivity contribution in [1.29, 1.82) is 0 Å². The van der Waals surface area contributed by atoms with Crippen molar-refractivity contribution in [2.75, 3.05) is 23.8 Å². The van der Waals surface area contributed by atoms with E-state index in [4.69, 9.17) is 9.47 Å². The van der Waals surface area contributed by atoms with Crippen LogP contribution in [-0.4, -0.2) is 46.9 Å². The fraction of sp³-hybridized carbons (Fsp3) is 0.231. The average molecular weight is 491 g/mol. The molecule has 2 aromatic carbocycles. The van der Waals surface area contributed by atoms with Crippen LogP contribution >= 0.6 is 0 Å². The molecule has 0 unspecified atom stereocenters. The summed E-state index contributed by atoms with van der Waals surface area (Å²) >= 11 is 0. The van der Waals surface area contributed by atoms with Crippen LogP contribution in [0, 0.1) is 0 Å². The second-order valence-electron chi connectivity index (χ2n) is 8.01. The topological polar surface area (TPSA) is 142 Å². The number of nitrogens with one attached hydrogen (secondary N) is 4. The summed E-state index contributed by atoms with van der Waals surface area (Å²) in [5.41, 5.74) is 3.26. The van der Waals surface area contributed by atoms with Crippen LogP contribution < -0.4 is 10.6 Å². The summed E-state index contributed by atoms with van der Waals surface area (Å²) in [6, 6.07) is 13.7. The summed E-state index contributed by atoms with van der Waals surface area (Å²) in [5, 5.41) is 7.04. The number of benzene rings is 2. The molecule has 0 fully saturated rings. The van der Waals surface area contributed by atoms with Crippen molar-refractivity contribution in [2.45, 2.75) is 26.7 Å². The van der Waals surface area contributed by atoms with Crippen molar-refractivity contribution in [3.63, 3.8) is 0 Å². The van der Waals surface area contributed by atoms with E-state index in [1.165, 1.54) is 0 Å². The zero-order valence-corrected chi connectivity index (χ0v) is 19.9. The molecule has 4 aromatic rings. The lowest BCUT2D eigenvalue weighted by molar-refractivity contribution is -0.121. The van der Waals surface area contributed by atoms with Crippen LogP contribution in [0.3, 0.4) is 0 Å². The number of esters is 2. The number of hydrogen-bond donors (Lipinski definition) is 4. The summed E-state index contributed by atoms with van der Waals surface area (Å²) in [7, 11) is 0. The first kappa shape index (κ1) is 24.5. The Morgan fingerprint density at radius 1 is 0.667 bits per heavy atom. The second-order valence-corrected chi connectivity index (χ2v) is 8.01. The van der Waals surface area contributed by atoms with Crippen LogP contribution in [0.25, 0.3) is 21.8 Å². The van der Waals surface area contributed by atoms with Crippen molar-refractivity contribution in [1.82, 2.24) is 9.97 Å². The zero-order valence-electron chi connectivity index (χ0n) is 19.9. The largest absolute Gasteiger partial charge is 0.461 e. The number of aromatic nitrogens is 2. The smallest absolute Gasteiger partial charge is 0.354 e. The molecule has 0 saturated heterocycles. The molecule has 0 aliphatic carbocycles. The van der Waals surface area contributed by atoms with Crippen LogP contribution in [0.4, 0.5) is 11.4 Å². The normalized spacial score (nSPS) is 10.8. The van der Waals surface area contributed by atoms with Gasteiger partial charge in [0.25, 0.3) is 0 Å². The Morgan fingerprint density at radius 2 is 1.08 bits per heavy atom. The second kappa shape index (κ2) is 10.8. The summed E-state index contributed by atoms with van der Waals surface area (Å²) in [6.45, 7) is 4.02. The average Bonchev–Trinajstić information content (AvgIpc) is 3.47. The van der Waals surface area contributed by atoms with Crippen molar-refractivity contribution in [2.24, 2.45) is 0 Å². The summed E-state index contributed by atoms with van der Waals surface area (Å²) in [6.07, 6.45) is -0.0189. The van der Waals surface area contributed by atoms with Crippen molar-refractivity contribution >= 4 is 56.9 Å². The molecule has 2 heterocycles. The van der Waals surface area contributed by atoms with Gasteiger partial charge in [0.05, 0.1) is 13.2 Å². The van der Waals surface area contributed by atoms with Gasteiger partial charge >= 0.3 is 11.9 Å². The van der Waals surface area contributed by atoms with E-state index >= 15 is 0 Å². The highest BCUT2D eigenvalue weighted by molar-refractivity contribution is 6.01. The van der Waals surface area contributed by atoms with Gasteiger partial charge < -0.3 is 30.1 Å². The van der Waals surface area contributed by atoms with Gasteiger partial charge in [0, 0.05) is 46.0 Å². The predicted molar refractivity (Wildman–Crippen MR) is 135 cm³/mol. The van der Waals surface area contributed by atoms with Crippen molar-refractivity contribution < 1.29 is 28.7 Å². The number of carbonyl (C=O) groups is 4. The van der Waals surface area contributed by atoms with Gasteiger partial charge in [-0.3, -0.25) is 9.59 Å². The number of fused-ring (bicyclic) bond motifs is 2. The minimum Gasteiger partial charge on any atom is -0.461 e. The molecule has 0 aliphatic heterocycles. The molecule has 4 rings (SSSR count). The SMILES string of the molecule is CCOC(=O)c1cc2cc(NC(=O)CCC(=O)Nc3ccc4[nH]c(C(=O)OCC)cc4c3)ccc2[nH]1. The summed E-state index contributed by atoms with van der Waals surface area (Å²) in [5.74, 6) is -1.52. The monoisotopic (exact) mass is 490 g/mol. The van der Waals surface area contributed by atoms with Crippen LogP contribution in [0.15, 0.2) is 48.5 Å². The van der Waals surface area contributed by atoms with E-state index in [9.17, 15) is 19.2 Å². The van der Waals surface area contributed by atoms with Gasteiger partial charge in [-0.1, -0.05) is 0 Å². The van der Waals surface area contributed by atoms with Crippen LogP contribution in [0.2, 0.25) is 0 Å². The minimum atomic E-state index is -0.444. The lowest BCUT2D eigenvalue weighted by Crippen LogP contribution is -2.17. The maximum atomic E-state index is 12.4. The Balaban J connectivity index is 1.31. The fourth-order valence-corrected chi connectivity index (χ4v) is 3.73. The van der Waals surface area contributed by atoms with Crippen LogP contribution in [-0.2, 0) is 19.1 Å². The van der Waals surface area contributed by atoms with E-state index < -0.39 is 11.9 Å². The minimum absolute atomic E-state index is 0.00944. The molecular formula is C26H26N4O6. The number of carbonyl (C=O) groups excluding carboxylic acids is 4. The Labute approximate surface area is 206 Å². The third-order valence-electron chi connectivity index (χ3n) is 5.38. The van der Waals surface area contributed by atoms with Gasteiger partial charge in [0.2, 0.25) is 11.8 Å². The number of H-pyrrole nitrogens is 2. The number of hydrogen-bond acceptors (Lipinski definition) is 6. The molecule has 0 spiro atoms. The fourth-order valence-electron chi connectivity index (χ4n) is 3.73. The Bertz CT molecular complexity index is 1340. The van der Waals surface area contributed by atoms with E-state index in [1.54, 1.807) is 62.4 Å². The molecular weight excluding hydrogens is 464 g/mol. The van der Waals surface area contributed by atoms with Gasteiger partial charge in [-0.2, -0.15) is 0 Å². The summed E-state index contributed by atoms with van der Waals surface area (Å²) < 4.78 is 9.98.